The summed E-state index contributed by atoms with van der Waals surface area (Å²) in [5.74, 6) is -0.292. The Balaban J connectivity index is 2.25. The third-order valence-electron chi connectivity index (χ3n) is 3.75. The van der Waals surface area contributed by atoms with Crippen LogP contribution < -0.4 is 0 Å². The molecule has 5 heteroatoms. The smallest absolute Gasteiger partial charge is 0.180 e. The van der Waals surface area contributed by atoms with Gasteiger partial charge in [-0.3, -0.25) is 4.79 Å². The van der Waals surface area contributed by atoms with Gasteiger partial charge in [0.25, 0.3) is 0 Å². The third kappa shape index (κ3) is 3.10. The molecule has 20 heavy (non-hydrogen) atoms. The van der Waals surface area contributed by atoms with Crippen LogP contribution in [0.4, 0.5) is 0 Å². The van der Waals surface area contributed by atoms with Gasteiger partial charge in [0.05, 0.1) is 5.25 Å². The van der Waals surface area contributed by atoms with Gasteiger partial charge >= 0.3 is 0 Å². The highest BCUT2D eigenvalue weighted by Crippen LogP contribution is 2.24. The molecule has 0 aliphatic carbocycles. The fourth-order valence-electron chi connectivity index (χ4n) is 2.59. The molecular weight excluding hydrogens is 276 g/mol. The van der Waals surface area contributed by atoms with Gasteiger partial charge in [-0.25, -0.2) is 8.42 Å². The van der Waals surface area contributed by atoms with E-state index in [0.29, 0.717) is 38.0 Å². The summed E-state index contributed by atoms with van der Waals surface area (Å²) < 4.78 is 30.5. The molecular formula is C15H20O4S. The van der Waals surface area contributed by atoms with Crippen LogP contribution in [0.2, 0.25) is 0 Å². The van der Waals surface area contributed by atoms with E-state index in [4.69, 9.17) is 4.74 Å². The zero-order valence-electron chi connectivity index (χ0n) is 11.6. The average Bonchev–Trinajstić information content (AvgIpc) is 2.49. The molecule has 0 spiro atoms. The van der Waals surface area contributed by atoms with Crippen LogP contribution in [0.1, 0.15) is 36.5 Å². The van der Waals surface area contributed by atoms with Crippen molar-refractivity contribution in [3.63, 3.8) is 0 Å². The lowest BCUT2D eigenvalue weighted by Gasteiger charge is -2.26. The predicted molar refractivity (Wildman–Crippen MR) is 77.6 cm³/mol. The number of carbonyl (C=O) groups excluding carboxylic acids is 1. The predicted octanol–water partition coefficient (Wildman–Crippen LogP) is 2.24. The van der Waals surface area contributed by atoms with Gasteiger partial charge in [-0.2, -0.15) is 0 Å². The largest absolute Gasteiger partial charge is 0.381 e. The molecule has 1 aromatic carbocycles. The minimum absolute atomic E-state index is 0.292. The van der Waals surface area contributed by atoms with Crippen molar-refractivity contribution in [3.8, 4) is 0 Å². The first-order valence-corrected chi connectivity index (χ1v) is 8.58. The van der Waals surface area contributed by atoms with E-state index in [1.165, 1.54) is 0 Å². The first kappa shape index (κ1) is 15.2. The van der Waals surface area contributed by atoms with Crippen molar-refractivity contribution >= 4 is 15.6 Å². The zero-order valence-corrected chi connectivity index (χ0v) is 12.4. The second-order valence-corrected chi connectivity index (χ2v) is 7.44. The molecule has 1 aliphatic rings. The van der Waals surface area contributed by atoms with Gasteiger partial charge in [0, 0.05) is 18.8 Å². The molecule has 1 aliphatic heterocycles. The number of rotatable bonds is 5. The van der Waals surface area contributed by atoms with Crippen LogP contribution in [-0.4, -0.2) is 37.9 Å². The first-order valence-electron chi connectivity index (χ1n) is 6.97. The molecule has 2 rings (SSSR count). The lowest BCUT2D eigenvalue weighted by Crippen LogP contribution is -2.40. The van der Waals surface area contributed by atoms with Gasteiger partial charge in [-0.1, -0.05) is 37.3 Å². The Morgan fingerprint density at radius 1 is 1.25 bits per heavy atom. The normalized spacial score (nSPS) is 18.6. The van der Waals surface area contributed by atoms with Gasteiger partial charge in [0.1, 0.15) is 5.25 Å². The standard InChI is InChI=1S/C15H20O4S/c1-2-14(15(16)12-6-4-3-5-7-12)20(17,18)13-8-10-19-11-9-13/h3-7,13-14H,2,8-11H2,1H3. The summed E-state index contributed by atoms with van der Waals surface area (Å²) in [4.78, 5) is 12.5. The number of benzene rings is 1. The van der Waals surface area contributed by atoms with Crippen LogP contribution in [0.15, 0.2) is 30.3 Å². The lowest BCUT2D eigenvalue weighted by atomic mass is 10.1. The number of carbonyl (C=O) groups is 1. The highest BCUT2D eigenvalue weighted by molar-refractivity contribution is 7.93. The summed E-state index contributed by atoms with van der Waals surface area (Å²) in [5.41, 5.74) is 0.468. The summed E-state index contributed by atoms with van der Waals surface area (Å²) in [6, 6.07) is 8.65. The Bertz CT molecular complexity index is 544. The fourth-order valence-corrected chi connectivity index (χ4v) is 4.81. The maximum Gasteiger partial charge on any atom is 0.180 e. The SMILES string of the molecule is CCC(C(=O)c1ccccc1)S(=O)(=O)C1CCOCC1. The van der Waals surface area contributed by atoms with Gasteiger partial charge < -0.3 is 4.74 Å². The molecule has 1 unspecified atom stereocenters. The van der Waals surface area contributed by atoms with E-state index >= 15 is 0 Å². The molecule has 1 atom stereocenters. The second-order valence-electron chi connectivity index (χ2n) is 5.03. The molecule has 110 valence electrons. The van der Waals surface area contributed by atoms with Crippen LogP contribution in [0.3, 0.4) is 0 Å². The molecule has 0 radical (unpaired) electrons. The Morgan fingerprint density at radius 2 is 1.85 bits per heavy atom. The number of ether oxygens (including phenoxy) is 1. The number of hydrogen-bond donors (Lipinski definition) is 0. The molecule has 1 aromatic rings. The van der Waals surface area contributed by atoms with Crippen molar-refractivity contribution in [2.24, 2.45) is 0 Å². The lowest BCUT2D eigenvalue weighted by molar-refractivity contribution is 0.0953. The van der Waals surface area contributed by atoms with E-state index in [-0.39, 0.29) is 5.78 Å². The molecule has 4 nitrogen and oxygen atoms in total. The minimum Gasteiger partial charge on any atom is -0.381 e. The van der Waals surface area contributed by atoms with Crippen LogP contribution >= 0.6 is 0 Å². The van der Waals surface area contributed by atoms with Crippen molar-refractivity contribution in [2.45, 2.75) is 36.7 Å². The maximum atomic E-state index is 12.7. The zero-order chi connectivity index (χ0) is 14.6. The molecule has 0 amide bonds. The van der Waals surface area contributed by atoms with Gasteiger partial charge in [0.15, 0.2) is 15.6 Å². The Labute approximate surface area is 120 Å². The number of Topliss-reactive ketones (excluding diaryl/α,β-unsaturated/α-hetero) is 1. The number of hydrogen-bond acceptors (Lipinski definition) is 4. The minimum atomic E-state index is -3.45. The van der Waals surface area contributed by atoms with E-state index in [1.807, 2.05) is 6.07 Å². The van der Waals surface area contributed by atoms with Crippen molar-refractivity contribution in [1.82, 2.24) is 0 Å². The van der Waals surface area contributed by atoms with Gasteiger partial charge in [-0.05, 0) is 19.3 Å². The maximum absolute atomic E-state index is 12.7. The van der Waals surface area contributed by atoms with E-state index in [2.05, 4.69) is 0 Å². The fraction of sp³-hybridized carbons (Fsp3) is 0.533. The molecule has 1 heterocycles. The summed E-state index contributed by atoms with van der Waals surface area (Å²) in [7, 11) is -3.45. The molecule has 1 fully saturated rings. The van der Waals surface area contributed by atoms with E-state index in [1.54, 1.807) is 31.2 Å². The molecule has 0 saturated carbocycles. The third-order valence-corrected chi connectivity index (χ3v) is 6.49. The monoisotopic (exact) mass is 296 g/mol. The molecule has 0 bridgehead atoms. The Kier molecular flexibility index (Phi) is 4.94. The van der Waals surface area contributed by atoms with Crippen LogP contribution in [0.25, 0.3) is 0 Å². The number of sulfone groups is 1. The highest BCUT2D eigenvalue weighted by Gasteiger charge is 2.38. The van der Waals surface area contributed by atoms with Crippen LogP contribution in [0.5, 0.6) is 0 Å². The summed E-state index contributed by atoms with van der Waals surface area (Å²) in [6.07, 6.45) is 1.29. The number of ketones is 1. The Hall–Kier alpha value is -1.20. The molecule has 0 N–H and O–H groups in total. The van der Waals surface area contributed by atoms with Crippen molar-refractivity contribution in [2.75, 3.05) is 13.2 Å². The van der Waals surface area contributed by atoms with Crippen molar-refractivity contribution in [1.29, 1.82) is 0 Å². The molecule has 0 aromatic heterocycles. The van der Waals surface area contributed by atoms with E-state index < -0.39 is 20.3 Å². The average molecular weight is 296 g/mol. The highest BCUT2D eigenvalue weighted by atomic mass is 32.2. The van der Waals surface area contributed by atoms with Crippen LogP contribution in [-0.2, 0) is 14.6 Å². The summed E-state index contributed by atoms with van der Waals surface area (Å²) >= 11 is 0. The van der Waals surface area contributed by atoms with E-state index in [9.17, 15) is 13.2 Å². The first-order chi connectivity index (χ1) is 9.57. The van der Waals surface area contributed by atoms with E-state index in [0.717, 1.165) is 0 Å². The van der Waals surface area contributed by atoms with Crippen LogP contribution in [0, 0.1) is 0 Å². The molecule has 1 saturated heterocycles. The van der Waals surface area contributed by atoms with Crippen molar-refractivity contribution < 1.29 is 17.9 Å². The van der Waals surface area contributed by atoms with Gasteiger partial charge in [0.2, 0.25) is 0 Å². The summed E-state index contributed by atoms with van der Waals surface area (Å²) in [6.45, 7) is 2.67. The van der Waals surface area contributed by atoms with Gasteiger partial charge in [-0.15, -0.1) is 0 Å². The summed E-state index contributed by atoms with van der Waals surface area (Å²) in [5, 5.41) is -1.39. The topological polar surface area (TPSA) is 60.4 Å². The quantitative estimate of drug-likeness (QED) is 0.782. The van der Waals surface area contributed by atoms with Crippen molar-refractivity contribution in [3.05, 3.63) is 35.9 Å². The second kappa shape index (κ2) is 6.50. The Morgan fingerprint density at radius 3 is 2.40 bits per heavy atom.